The Morgan fingerprint density at radius 2 is 1.61 bits per heavy atom. The van der Waals surface area contributed by atoms with Crippen LogP contribution >= 0.6 is 11.6 Å². The minimum absolute atomic E-state index is 0.0117. The Kier molecular flexibility index (Phi) is 6.24. The Bertz CT molecular complexity index is 1260. The van der Waals surface area contributed by atoms with Crippen LogP contribution in [-0.4, -0.2) is 23.1 Å². The summed E-state index contributed by atoms with van der Waals surface area (Å²) in [4.78, 5) is 35.7. The zero-order chi connectivity index (χ0) is 23.5. The molecule has 0 saturated carbocycles. The number of halogens is 1. The number of allylic oxidation sites excluding steroid dienone is 1. The van der Waals surface area contributed by atoms with Gasteiger partial charge in [-0.25, -0.2) is 0 Å². The van der Waals surface area contributed by atoms with Gasteiger partial charge in [-0.3, -0.25) is 19.7 Å². The van der Waals surface area contributed by atoms with E-state index in [0.717, 1.165) is 0 Å². The zero-order valence-electron chi connectivity index (χ0n) is 17.5. The number of rotatable bonds is 7. The summed E-state index contributed by atoms with van der Waals surface area (Å²) in [5.41, 5.74) is 2.05. The highest BCUT2D eigenvalue weighted by molar-refractivity contribution is 6.41. The monoisotopic (exact) mass is 463 g/mol. The summed E-state index contributed by atoms with van der Waals surface area (Å²) in [7, 11) is 0. The number of hydrogen-bond acceptors (Lipinski definition) is 6. The number of nitro groups is 1. The highest BCUT2D eigenvalue weighted by atomic mass is 35.5. The number of ether oxygens (including phenoxy) is 2. The van der Waals surface area contributed by atoms with Crippen molar-refractivity contribution in [3.63, 3.8) is 0 Å². The van der Waals surface area contributed by atoms with Gasteiger partial charge in [0.2, 0.25) is 0 Å². The van der Waals surface area contributed by atoms with Gasteiger partial charge >= 0.3 is 0 Å². The molecule has 0 radical (unpaired) electrons. The molecule has 0 amide bonds. The van der Waals surface area contributed by atoms with Gasteiger partial charge in [-0.1, -0.05) is 35.9 Å². The number of nitrogens with zero attached hydrogens (tertiary/aromatic N) is 1. The average Bonchev–Trinajstić information content (AvgIpc) is 3.04. The van der Waals surface area contributed by atoms with E-state index in [9.17, 15) is 19.7 Å². The molecular formula is C25H18ClNO6. The fourth-order valence-corrected chi connectivity index (χ4v) is 3.79. The van der Waals surface area contributed by atoms with Crippen LogP contribution in [-0.2, 0) is 6.61 Å². The van der Waals surface area contributed by atoms with Crippen LogP contribution in [0.5, 0.6) is 11.5 Å². The molecule has 166 valence electrons. The number of carbonyl (C=O) groups excluding carboxylic acids is 2. The Hall–Kier alpha value is -3.97. The van der Waals surface area contributed by atoms with Gasteiger partial charge in [0.05, 0.1) is 22.1 Å². The standard InChI is InChI=1S/C25H18ClNO6/c1-2-32-22-13-16(11-20-23(28)18-5-3-4-6-19(18)24(20)29)12-21(26)25(22)33-14-15-7-9-17(10-8-15)27(30)31/h3-13H,2,14H2,1H3. The predicted molar refractivity (Wildman–Crippen MR) is 123 cm³/mol. The third-order valence-electron chi connectivity index (χ3n) is 5.08. The fourth-order valence-electron chi connectivity index (χ4n) is 3.51. The van der Waals surface area contributed by atoms with Gasteiger partial charge in [0.25, 0.3) is 5.69 Å². The molecule has 0 heterocycles. The smallest absolute Gasteiger partial charge is 0.269 e. The third-order valence-corrected chi connectivity index (χ3v) is 5.36. The van der Waals surface area contributed by atoms with Crippen LogP contribution < -0.4 is 9.47 Å². The number of non-ortho nitro benzene ring substituents is 1. The number of carbonyl (C=O) groups is 2. The fraction of sp³-hybridized carbons (Fsp3) is 0.120. The molecule has 7 nitrogen and oxygen atoms in total. The van der Waals surface area contributed by atoms with Crippen LogP contribution in [0.1, 0.15) is 38.8 Å². The Labute approximate surface area is 194 Å². The lowest BCUT2D eigenvalue weighted by molar-refractivity contribution is -0.384. The second-order valence-electron chi connectivity index (χ2n) is 7.24. The van der Waals surface area contributed by atoms with Gasteiger partial charge in [-0.2, -0.15) is 0 Å². The molecule has 1 aliphatic rings. The second kappa shape index (κ2) is 9.26. The molecule has 3 aromatic rings. The van der Waals surface area contributed by atoms with E-state index in [-0.39, 0.29) is 34.5 Å². The number of ketones is 2. The summed E-state index contributed by atoms with van der Waals surface area (Å²) in [6.45, 7) is 2.26. The lowest BCUT2D eigenvalue weighted by Gasteiger charge is -2.15. The van der Waals surface area contributed by atoms with Crippen LogP contribution in [0.2, 0.25) is 5.02 Å². The summed E-state index contributed by atoms with van der Waals surface area (Å²) < 4.78 is 11.5. The Morgan fingerprint density at radius 1 is 0.970 bits per heavy atom. The highest BCUT2D eigenvalue weighted by Gasteiger charge is 2.32. The van der Waals surface area contributed by atoms with E-state index in [1.807, 2.05) is 0 Å². The molecule has 0 N–H and O–H groups in total. The molecule has 0 saturated heterocycles. The van der Waals surface area contributed by atoms with Crippen molar-refractivity contribution < 1.29 is 24.0 Å². The summed E-state index contributed by atoms with van der Waals surface area (Å²) in [5, 5.41) is 11.0. The largest absolute Gasteiger partial charge is 0.490 e. The molecule has 0 aliphatic heterocycles. The predicted octanol–water partition coefficient (Wildman–Crippen LogP) is 5.69. The first-order valence-corrected chi connectivity index (χ1v) is 10.5. The maximum atomic E-state index is 12.7. The van der Waals surface area contributed by atoms with Gasteiger partial charge < -0.3 is 9.47 Å². The molecular weight excluding hydrogens is 446 g/mol. The molecule has 33 heavy (non-hydrogen) atoms. The first-order valence-electron chi connectivity index (χ1n) is 10.1. The summed E-state index contributed by atoms with van der Waals surface area (Å²) in [6.07, 6.45) is 1.50. The molecule has 0 aromatic heterocycles. The van der Waals surface area contributed by atoms with Crippen molar-refractivity contribution in [2.24, 2.45) is 0 Å². The summed E-state index contributed by atoms with van der Waals surface area (Å²) >= 11 is 6.46. The third kappa shape index (κ3) is 4.49. The molecule has 4 rings (SSSR count). The Morgan fingerprint density at radius 3 is 2.18 bits per heavy atom. The van der Waals surface area contributed by atoms with Crippen molar-refractivity contribution in [2.75, 3.05) is 6.61 Å². The van der Waals surface area contributed by atoms with E-state index >= 15 is 0 Å². The molecule has 1 aliphatic carbocycles. The van der Waals surface area contributed by atoms with Gasteiger partial charge in [0, 0.05) is 23.3 Å². The average molecular weight is 464 g/mol. The van der Waals surface area contributed by atoms with Crippen molar-refractivity contribution in [1.82, 2.24) is 0 Å². The lowest BCUT2D eigenvalue weighted by Crippen LogP contribution is -2.02. The van der Waals surface area contributed by atoms with Crippen molar-refractivity contribution in [2.45, 2.75) is 13.5 Å². The maximum Gasteiger partial charge on any atom is 0.269 e. The molecule has 0 unspecified atom stereocenters. The summed E-state index contributed by atoms with van der Waals surface area (Å²) in [6, 6.07) is 15.9. The van der Waals surface area contributed by atoms with Crippen LogP contribution in [0.4, 0.5) is 5.69 Å². The van der Waals surface area contributed by atoms with E-state index in [0.29, 0.717) is 40.4 Å². The SMILES string of the molecule is CCOc1cc(C=C2C(=O)c3ccccc3C2=O)cc(Cl)c1OCc1ccc([N+](=O)[O-])cc1. The number of nitro benzene ring substituents is 1. The van der Waals surface area contributed by atoms with Gasteiger partial charge in [-0.05, 0) is 48.4 Å². The van der Waals surface area contributed by atoms with Crippen LogP contribution in [0.3, 0.4) is 0 Å². The minimum atomic E-state index is -0.472. The Balaban J connectivity index is 1.61. The van der Waals surface area contributed by atoms with Crippen LogP contribution in [0, 0.1) is 10.1 Å². The second-order valence-corrected chi connectivity index (χ2v) is 7.64. The van der Waals surface area contributed by atoms with Gasteiger partial charge in [-0.15, -0.1) is 0 Å². The van der Waals surface area contributed by atoms with Crippen LogP contribution in [0.15, 0.2) is 66.2 Å². The van der Waals surface area contributed by atoms with Crippen molar-refractivity contribution in [3.8, 4) is 11.5 Å². The van der Waals surface area contributed by atoms with Crippen molar-refractivity contribution in [3.05, 3.63) is 104 Å². The molecule has 0 spiro atoms. The van der Waals surface area contributed by atoms with E-state index in [1.165, 1.54) is 18.2 Å². The van der Waals surface area contributed by atoms with Gasteiger partial charge in [0.15, 0.2) is 23.1 Å². The number of hydrogen-bond donors (Lipinski definition) is 0. The lowest BCUT2D eigenvalue weighted by atomic mass is 10.1. The maximum absolute atomic E-state index is 12.7. The molecule has 3 aromatic carbocycles. The minimum Gasteiger partial charge on any atom is -0.490 e. The number of Topliss-reactive ketones (excluding diaryl/α,β-unsaturated/α-hetero) is 2. The van der Waals surface area contributed by atoms with Crippen molar-refractivity contribution in [1.29, 1.82) is 0 Å². The first kappa shape index (κ1) is 22.2. The molecule has 0 bridgehead atoms. The topological polar surface area (TPSA) is 95.7 Å². The molecule has 0 fully saturated rings. The van der Waals surface area contributed by atoms with Crippen molar-refractivity contribution >= 4 is 34.9 Å². The highest BCUT2D eigenvalue weighted by Crippen LogP contribution is 2.38. The zero-order valence-corrected chi connectivity index (χ0v) is 18.3. The number of benzene rings is 3. The van der Waals surface area contributed by atoms with Gasteiger partial charge in [0.1, 0.15) is 6.61 Å². The van der Waals surface area contributed by atoms with E-state index in [4.69, 9.17) is 21.1 Å². The number of fused-ring (bicyclic) bond motifs is 1. The first-order chi connectivity index (χ1) is 15.9. The van der Waals surface area contributed by atoms with E-state index < -0.39 is 4.92 Å². The van der Waals surface area contributed by atoms with Crippen LogP contribution in [0.25, 0.3) is 6.08 Å². The quantitative estimate of drug-likeness (QED) is 0.193. The van der Waals surface area contributed by atoms with E-state index in [1.54, 1.807) is 55.5 Å². The van der Waals surface area contributed by atoms with E-state index in [2.05, 4.69) is 0 Å². The molecule has 0 atom stereocenters. The summed E-state index contributed by atoms with van der Waals surface area (Å²) in [5.74, 6) is -0.00749. The molecule has 8 heteroatoms. The normalized spacial score (nSPS) is 12.5.